The van der Waals surface area contributed by atoms with Crippen LogP contribution in [0.25, 0.3) is 11.5 Å². The molecule has 2 N–H and O–H groups in total. The maximum atomic E-state index is 4.49. The first kappa shape index (κ1) is 7.70. The molecule has 1 aliphatic heterocycles. The zero-order valence-electron chi connectivity index (χ0n) is 7.62. The van der Waals surface area contributed by atoms with Gasteiger partial charge in [0.15, 0.2) is 5.82 Å². The van der Waals surface area contributed by atoms with Gasteiger partial charge in [0.1, 0.15) is 0 Å². The van der Waals surface area contributed by atoms with Gasteiger partial charge in [0.05, 0.1) is 11.4 Å². The van der Waals surface area contributed by atoms with Crippen LogP contribution in [0.15, 0.2) is 24.5 Å². The Bertz CT molecular complexity index is 447. The van der Waals surface area contributed by atoms with E-state index in [1.165, 1.54) is 5.56 Å². The normalized spacial score (nSPS) is 14.3. The van der Waals surface area contributed by atoms with Crippen molar-refractivity contribution in [2.24, 2.45) is 0 Å². The van der Waals surface area contributed by atoms with Crippen molar-refractivity contribution in [2.45, 2.75) is 13.1 Å². The molecule has 4 heteroatoms. The fourth-order valence-corrected chi connectivity index (χ4v) is 1.66. The average molecular weight is 186 g/mol. The third-order valence-electron chi connectivity index (χ3n) is 2.40. The molecule has 0 fully saturated rings. The average Bonchev–Trinajstić information content (AvgIpc) is 2.88. The molecule has 0 bridgehead atoms. The van der Waals surface area contributed by atoms with Gasteiger partial charge in [-0.15, -0.1) is 0 Å². The van der Waals surface area contributed by atoms with E-state index >= 15 is 0 Å². The van der Waals surface area contributed by atoms with Crippen molar-refractivity contribution in [1.82, 2.24) is 20.3 Å². The summed E-state index contributed by atoms with van der Waals surface area (Å²) in [5, 5.41) is 3.25. The summed E-state index contributed by atoms with van der Waals surface area (Å²) in [6, 6.07) is 3.92. The number of fused-ring (bicyclic) bond motifs is 1. The minimum absolute atomic E-state index is 0.775. The second kappa shape index (κ2) is 2.92. The Morgan fingerprint density at radius 2 is 2.29 bits per heavy atom. The molecule has 1 aliphatic rings. The smallest absolute Gasteiger partial charge is 0.176 e. The highest BCUT2D eigenvalue weighted by molar-refractivity contribution is 5.49. The molecule has 14 heavy (non-hydrogen) atoms. The Balaban J connectivity index is 2.09. The van der Waals surface area contributed by atoms with Crippen molar-refractivity contribution in [1.29, 1.82) is 0 Å². The second-order valence-electron chi connectivity index (χ2n) is 3.35. The summed E-state index contributed by atoms with van der Waals surface area (Å²) in [6.07, 6.45) is 3.78. The minimum Gasteiger partial charge on any atom is -0.359 e. The van der Waals surface area contributed by atoms with E-state index in [0.29, 0.717) is 0 Å². The van der Waals surface area contributed by atoms with Crippen molar-refractivity contribution >= 4 is 0 Å². The molecule has 0 unspecified atom stereocenters. The molecule has 2 aromatic heterocycles. The maximum Gasteiger partial charge on any atom is 0.176 e. The molecule has 0 saturated heterocycles. The summed E-state index contributed by atoms with van der Waals surface area (Å²) >= 11 is 0. The van der Waals surface area contributed by atoms with Gasteiger partial charge < -0.3 is 10.3 Å². The zero-order valence-corrected chi connectivity index (χ0v) is 7.62. The van der Waals surface area contributed by atoms with E-state index in [2.05, 4.69) is 20.3 Å². The Morgan fingerprint density at radius 1 is 1.29 bits per heavy atom. The molecule has 3 heterocycles. The Morgan fingerprint density at radius 3 is 3.14 bits per heavy atom. The maximum absolute atomic E-state index is 4.49. The minimum atomic E-state index is 0.775. The van der Waals surface area contributed by atoms with Crippen molar-refractivity contribution in [2.75, 3.05) is 0 Å². The Labute approximate surface area is 81.4 Å². The number of nitrogens with zero attached hydrogens (tertiary/aromatic N) is 2. The highest BCUT2D eigenvalue weighted by Crippen LogP contribution is 2.16. The van der Waals surface area contributed by atoms with Gasteiger partial charge in [0.2, 0.25) is 0 Å². The topological polar surface area (TPSA) is 53.6 Å². The van der Waals surface area contributed by atoms with E-state index in [-0.39, 0.29) is 0 Å². The molecule has 4 nitrogen and oxygen atoms in total. The van der Waals surface area contributed by atoms with Crippen LogP contribution >= 0.6 is 0 Å². The Kier molecular flexibility index (Phi) is 1.61. The van der Waals surface area contributed by atoms with Gasteiger partial charge in [-0.25, -0.2) is 9.97 Å². The zero-order chi connectivity index (χ0) is 9.38. The van der Waals surface area contributed by atoms with Crippen molar-refractivity contribution in [3.05, 3.63) is 35.8 Å². The predicted octanol–water partition coefficient (Wildman–Crippen LogP) is 1.07. The molecule has 0 aliphatic carbocycles. The molecule has 70 valence electrons. The van der Waals surface area contributed by atoms with Crippen molar-refractivity contribution in [3.63, 3.8) is 0 Å². The van der Waals surface area contributed by atoms with Gasteiger partial charge in [-0.1, -0.05) is 0 Å². The largest absolute Gasteiger partial charge is 0.359 e. The molecular formula is C10H10N4. The van der Waals surface area contributed by atoms with Crippen LogP contribution in [-0.4, -0.2) is 15.0 Å². The standard InChI is InChI=1S/C10H10N4/c1-2-8(12-3-1)10-13-5-7-4-11-6-9(7)14-10/h1-3,5,11-12H,4,6H2. The lowest BCUT2D eigenvalue weighted by Gasteiger charge is -1.99. The molecule has 0 radical (unpaired) electrons. The van der Waals surface area contributed by atoms with Gasteiger partial charge in [0.25, 0.3) is 0 Å². The number of hydrogen-bond donors (Lipinski definition) is 2. The summed E-state index contributed by atoms with van der Waals surface area (Å²) in [6.45, 7) is 1.74. The first-order valence-electron chi connectivity index (χ1n) is 4.63. The van der Waals surface area contributed by atoms with Crippen LogP contribution in [0.3, 0.4) is 0 Å². The molecule has 0 saturated carbocycles. The van der Waals surface area contributed by atoms with Gasteiger partial charge in [-0.3, -0.25) is 0 Å². The molecule has 3 rings (SSSR count). The van der Waals surface area contributed by atoms with Gasteiger partial charge in [-0.05, 0) is 12.1 Å². The number of aromatic amines is 1. The third kappa shape index (κ3) is 1.12. The van der Waals surface area contributed by atoms with E-state index in [0.717, 1.165) is 30.3 Å². The molecule has 0 spiro atoms. The van der Waals surface area contributed by atoms with E-state index < -0.39 is 0 Å². The summed E-state index contributed by atoms with van der Waals surface area (Å²) in [5.41, 5.74) is 3.30. The van der Waals surface area contributed by atoms with E-state index in [1.54, 1.807) is 0 Å². The summed E-state index contributed by atoms with van der Waals surface area (Å²) in [5.74, 6) is 0.775. The molecule has 2 aromatic rings. The first-order chi connectivity index (χ1) is 6.93. The quantitative estimate of drug-likeness (QED) is 0.700. The van der Waals surface area contributed by atoms with Crippen molar-refractivity contribution in [3.8, 4) is 11.5 Å². The SMILES string of the molecule is c1c[nH]c(-c2ncc3c(n2)CNC3)c1. The summed E-state index contributed by atoms with van der Waals surface area (Å²) < 4.78 is 0. The van der Waals surface area contributed by atoms with Gasteiger partial charge >= 0.3 is 0 Å². The van der Waals surface area contributed by atoms with Crippen LogP contribution in [0.1, 0.15) is 11.3 Å². The lowest BCUT2D eigenvalue weighted by Crippen LogP contribution is -2.00. The first-order valence-corrected chi connectivity index (χ1v) is 4.63. The number of rotatable bonds is 1. The number of aromatic nitrogens is 3. The number of H-pyrrole nitrogens is 1. The van der Waals surface area contributed by atoms with Crippen LogP contribution in [0.2, 0.25) is 0 Å². The van der Waals surface area contributed by atoms with E-state index in [9.17, 15) is 0 Å². The fourth-order valence-electron chi connectivity index (χ4n) is 1.66. The number of nitrogens with one attached hydrogen (secondary N) is 2. The van der Waals surface area contributed by atoms with Gasteiger partial charge in [-0.2, -0.15) is 0 Å². The summed E-state index contributed by atoms with van der Waals surface area (Å²) in [4.78, 5) is 11.9. The lowest BCUT2D eigenvalue weighted by atomic mass is 10.2. The highest BCUT2D eigenvalue weighted by Gasteiger charge is 2.13. The van der Waals surface area contributed by atoms with E-state index in [4.69, 9.17) is 0 Å². The van der Waals surface area contributed by atoms with Crippen LogP contribution in [0.4, 0.5) is 0 Å². The monoisotopic (exact) mass is 186 g/mol. The molecule has 0 atom stereocenters. The summed E-state index contributed by atoms with van der Waals surface area (Å²) in [7, 11) is 0. The molecule has 0 amide bonds. The van der Waals surface area contributed by atoms with Crippen LogP contribution < -0.4 is 5.32 Å². The van der Waals surface area contributed by atoms with Crippen LogP contribution in [0.5, 0.6) is 0 Å². The molecule has 0 aromatic carbocycles. The highest BCUT2D eigenvalue weighted by atomic mass is 15.0. The van der Waals surface area contributed by atoms with Gasteiger partial charge in [0, 0.05) is 31.0 Å². The van der Waals surface area contributed by atoms with Crippen molar-refractivity contribution < 1.29 is 0 Å². The number of hydrogen-bond acceptors (Lipinski definition) is 3. The fraction of sp³-hybridized carbons (Fsp3) is 0.200. The van der Waals surface area contributed by atoms with Crippen LogP contribution in [-0.2, 0) is 13.1 Å². The lowest BCUT2D eigenvalue weighted by molar-refractivity contribution is 0.758. The van der Waals surface area contributed by atoms with Crippen LogP contribution in [0, 0.1) is 0 Å². The second-order valence-corrected chi connectivity index (χ2v) is 3.35. The Hall–Kier alpha value is -1.68. The predicted molar refractivity (Wildman–Crippen MR) is 52.4 cm³/mol. The molecular weight excluding hydrogens is 176 g/mol. The third-order valence-corrected chi connectivity index (χ3v) is 2.40. The van der Waals surface area contributed by atoms with E-state index in [1.807, 2.05) is 24.5 Å².